The van der Waals surface area contributed by atoms with Gasteiger partial charge in [-0.15, -0.1) is 16.9 Å². The van der Waals surface area contributed by atoms with Crippen molar-refractivity contribution in [1.82, 2.24) is 10.2 Å². The number of hydrogen-bond donors (Lipinski definition) is 2. The molecule has 0 amide bonds. The van der Waals surface area contributed by atoms with Crippen molar-refractivity contribution < 1.29 is 4.74 Å². The van der Waals surface area contributed by atoms with Gasteiger partial charge in [0.15, 0.2) is 0 Å². The first kappa shape index (κ1) is 15.5. The number of H-pyrrole nitrogens is 1. The third-order valence-electron chi connectivity index (χ3n) is 3.86. The summed E-state index contributed by atoms with van der Waals surface area (Å²) in [7, 11) is 0. The van der Waals surface area contributed by atoms with E-state index in [1.165, 1.54) is 4.90 Å². The van der Waals surface area contributed by atoms with Crippen LogP contribution in [0.4, 0.5) is 0 Å². The van der Waals surface area contributed by atoms with Crippen molar-refractivity contribution in [3.05, 3.63) is 53.0 Å². The molecule has 0 fully saturated rings. The quantitative estimate of drug-likeness (QED) is 0.839. The van der Waals surface area contributed by atoms with Crippen molar-refractivity contribution in [2.45, 2.75) is 30.4 Å². The molecule has 2 heterocycles. The Hall–Kier alpha value is -2.39. The van der Waals surface area contributed by atoms with Crippen molar-refractivity contribution in [1.29, 1.82) is 5.26 Å². The van der Waals surface area contributed by atoms with Gasteiger partial charge in [-0.05, 0) is 18.1 Å². The second kappa shape index (κ2) is 6.39. The number of aromatic amines is 1. The number of nitriles is 1. The number of fused-ring (bicyclic) bond motifs is 1. The fraction of sp³-hybridized carbons (Fsp3) is 0.294. The Kier molecular flexibility index (Phi) is 4.30. The molecule has 1 aromatic carbocycles. The highest BCUT2D eigenvalue weighted by molar-refractivity contribution is 7.98. The maximum Gasteiger partial charge on any atom is 0.243 e. The van der Waals surface area contributed by atoms with Gasteiger partial charge < -0.3 is 10.5 Å². The highest BCUT2D eigenvalue weighted by Crippen LogP contribution is 2.43. The molecule has 3 N–H and O–H groups in total. The van der Waals surface area contributed by atoms with Gasteiger partial charge in [-0.1, -0.05) is 32.0 Å². The lowest BCUT2D eigenvalue weighted by Crippen LogP contribution is -2.23. The Morgan fingerprint density at radius 1 is 1.39 bits per heavy atom. The number of aromatic nitrogens is 2. The number of nitrogens with one attached hydrogen (secondary N) is 1. The predicted octanol–water partition coefficient (Wildman–Crippen LogP) is 3.53. The van der Waals surface area contributed by atoms with Gasteiger partial charge in [0.05, 0.1) is 11.3 Å². The number of rotatable bonds is 4. The van der Waals surface area contributed by atoms with Crippen LogP contribution in [-0.2, 0) is 5.75 Å². The van der Waals surface area contributed by atoms with Crippen LogP contribution in [0.25, 0.3) is 0 Å². The van der Waals surface area contributed by atoms with Crippen LogP contribution in [-0.4, -0.2) is 10.2 Å². The molecule has 0 bridgehead atoms. The van der Waals surface area contributed by atoms with Gasteiger partial charge in [-0.2, -0.15) is 5.26 Å². The van der Waals surface area contributed by atoms with Crippen molar-refractivity contribution in [3.63, 3.8) is 0 Å². The number of ether oxygens (including phenoxy) is 1. The van der Waals surface area contributed by atoms with E-state index in [-0.39, 0.29) is 17.7 Å². The molecule has 6 heteroatoms. The van der Waals surface area contributed by atoms with Crippen LogP contribution in [0.5, 0.6) is 5.88 Å². The van der Waals surface area contributed by atoms with Crippen molar-refractivity contribution in [2.24, 2.45) is 11.7 Å². The van der Waals surface area contributed by atoms with Crippen LogP contribution in [0.1, 0.15) is 31.0 Å². The third kappa shape index (κ3) is 2.92. The van der Waals surface area contributed by atoms with E-state index in [4.69, 9.17) is 10.5 Å². The molecular formula is C17H18N4OS. The molecule has 0 unspecified atom stereocenters. The molecule has 118 valence electrons. The fourth-order valence-corrected chi connectivity index (χ4v) is 3.68. The average Bonchev–Trinajstić information content (AvgIpc) is 2.94. The van der Waals surface area contributed by atoms with Crippen LogP contribution in [0.15, 0.2) is 46.7 Å². The molecule has 1 atom stereocenters. The minimum atomic E-state index is -0.0890. The molecule has 0 spiro atoms. The molecule has 1 aliphatic heterocycles. The highest BCUT2D eigenvalue weighted by Gasteiger charge is 2.35. The standard InChI is InChI=1S/C17H18N4OS/c1-10(2)14-12(8-18)16(19)22-17-15(14)13(20-21-17)9-23-11-6-4-3-5-7-11/h3-7,10,14H,9,19H2,1-2H3,(H,20,21)/t14-/m1/s1. The second-order valence-electron chi connectivity index (χ2n) is 5.74. The SMILES string of the molecule is CC(C)[C@@H]1C(C#N)=C(N)Oc2n[nH]c(CSc3ccccc3)c21. The number of nitrogens with zero attached hydrogens (tertiary/aromatic N) is 2. The molecule has 2 aromatic rings. The number of benzene rings is 1. The Bertz CT molecular complexity index is 774. The van der Waals surface area contributed by atoms with E-state index in [0.29, 0.717) is 11.5 Å². The van der Waals surface area contributed by atoms with Crippen molar-refractivity contribution >= 4 is 11.8 Å². The summed E-state index contributed by atoms with van der Waals surface area (Å²) in [5.74, 6) is 1.52. The zero-order valence-electron chi connectivity index (χ0n) is 13.0. The maximum absolute atomic E-state index is 9.44. The van der Waals surface area contributed by atoms with E-state index in [1.807, 2.05) is 18.2 Å². The van der Waals surface area contributed by atoms with Gasteiger partial charge in [0.25, 0.3) is 0 Å². The minimum absolute atomic E-state index is 0.0890. The van der Waals surface area contributed by atoms with E-state index in [0.717, 1.165) is 17.0 Å². The summed E-state index contributed by atoms with van der Waals surface area (Å²) >= 11 is 1.72. The normalized spacial score (nSPS) is 16.9. The zero-order chi connectivity index (χ0) is 16.4. The summed E-state index contributed by atoms with van der Waals surface area (Å²) in [6, 6.07) is 12.4. The first-order valence-corrected chi connectivity index (χ1v) is 8.43. The number of hydrogen-bond acceptors (Lipinski definition) is 5. The monoisotopic (exact) mass is 326 g/mol. The molecule has 5 nitrogen and oxygen atoms in total. The summed E-state index contributed by atoms with van der Waals surface area (Å²) in [6.07, 6.45) is 0. The van der Waals surface area contributed by atoms with Gasteiger partial charge >= 0.3 is 0 Å². The average molecular weight is 326 g/mol. The van der Waals surface area contributed by atoms with E-state index < -0.39 is 0 Å². The molecular weight excluding hydrogens is 308 g/mol. The van der Waals surface area contributed by atoms with E-state index in [9.17, 15) is 5.26 Å². The van der Waals surface area contributed by atoms with E-state index >= 15 is 0 Å². The molecule has 0 saturated heterocycles. The number of thioether (sulfide) groups is 1. The Morgan fingerprint density at radius 3 is 2.78 bits per heavy atom. The molecule has 1 aliphatic rings. The van der Waals surface area contributed by atoms with Crippen molar-refractivity contribution in [3.8, 4) is 11.9 Å². The lowest BCUT2D eigenvalue weighted by molar-refractivity contribution is 0.360. The molecule has 3 rings (SSSR count). The van der Waals surface area contributed by atoms with Gasteiger partial charge in [0.1, 0.15) is 6.07 Å². The summed E-state index contributed by atoms with van der Waals surface area (Å²) in [5.41, 5.74) is 8.30. The zero-order valence-corrected chi connectivity index (χ0v) is 13.9. The fourth-order valence-electron chi connectivity index (χ4n) is 2.80. The Labute approximate surface area is 139 Å². The third-order valence-corrected chi connectivity index (χ3v) is 4.89. The topological polar surface area (TPSA) is 87.7 Å². The molecule has 23 heavy (non-hydrogen) atoms. The first-order chi connectivity index (χ1) is 11.1. The van der Waals surface area contributed by atoms with E-state index in [2.05, 4.69) is 42.2 Å². The smallest absolute Gasteiger partial charge is 0.243 e. The summed E-state index contributed by atoms with van der Waals surface area (Å²) < 4.78 is 5.53. The largest absolute Gasteiger partial charge is 0.420 e. The minimum Gasteiger partial charge on any atom is -0.420 e. The molecule has 0 aliphatic carbocycles. The van der Waals surface area contributed by atoms with Crippen LogP contribution in [0.3, 0.4) is 0 Å². The number of allylic oxidation sites excluding steroid dienone is 1. The molecule has 0 radical (unpaired) electrons. The second-order valence-corrected chi connectivity index (χ2v) is 6.78. The summed E-state index contributed by atoms with van der Waals surface area (Å²) in [4.78, 5) is 1.18. The highest BCUT2D eigenvalue weighted by atomic mass is 32.2. The van der Waals surface area contributed by atoms with Gasteiger partial charge in [-0.25, -0.2) is 0 Å². The lowest BCUT2D eigenvalue weighted by atomic mass is 9.82. The first-order valence-electron chi connectivity index (χ1n) is 7.44. The van der Waals surface area contributed by atoms with Gasteiger partial charge in [0.2, 0.25) is 11.8 Å². The number of nitrogens with two attached hydrogens (primary N) is 1. The maximum atomic E-state index is 9.44. The van der Waals surface area contributed by atoms with Crippen molar-refractivity contribution in [2.75, 3.05) is 0 Å². The Morgan fingerprint density at radius 2 is 2.13 bits per heavy atom. The lowest BCUT2D eigenvalue weighted by Gasteiger charge is -2.26. The molecule has 0 saturated carbocycles. The molecule has 1 aromatic heterocycles. The van der Waals surface area contributed by atoms with Crippen LogP contribution >= 0.6 is 11.8 Å². The van der Waals surface area contributed by atoms with Crippen LogP contribution in [0, 0.1) is 17.2 Å². The van der Waals surface area contributed by atoms with Gasteiger partial charge in [0, 0.05) is 22.1 Å². The summed E-state index contributed by atoms with van der Waals surface area (Å²) in [5, 5.41) is 16.7. The van der Waals surface area contributed by atoms with Gasteiger partial charge in [-0.3, -0.25) is 5.10 Å². The Balaban J connectivity index is 1.91. The summed E-state index contributed by atoms with van der Waals surface area (Å²) in [6.45, 7) is 4.15. The van der Waals surface area contributed by atoms with Crippen LogP contribution in [0.2, 0.25) is 0 Å². The predicted molar refractivity (Wildman–Crippen MR) is 89.6 cm³/mol. The van der Waals surface area contributed by atoms with Crippen LogP contribution < -0.4 is 10.5 Å². The van der Waals surface area contributed by atoms with E-state index in [1.54, 1.807) is 11.8 Å².